The quantitative estimate of drug-likeness (QED) is 0.140. The van der Waals surface area contributed by atoms with Crippen LogP contribution < -0.4 is 0 Å². The maximum Gasteiger partial charge on any atom is 0.417 e. The molecule has 0 amide bonds. The normalized spacial score (nSPS) is 11.5. The molecule has 0 aliphatic carbocycles. The number of aromatic nitrogens is 2. The van der Waals surface area contributed by atoms with Crippen molar-refractivity contribution in [3.05, 3.63) is 263 Å². The molecule has 13 aromatic rings. The smallest absolute Gasteiger partial charge is 0.309 e. The zero-order chi connectivity index (χ0) is 59.6. The van der Waals surface area contributed by atoms with Crippen LogP contribution in [0.1, 0.15) is 38.9 Å². The number of benzene rings is 11. The van der Waals surface area contributed by atoms with E-state index in [1.807, 2.05) is 89.5 Å². The van der Waals surface area contributed by atoms with E-state index in [0.717, 1.165) is 28.0 Å². The van der Waals surface area contributed by atoms with Crippen molar-refractivity contribution in [3.63, 3.8) is 0 Å². The number of fused-ring (bicyclic) bond motifs is 6. The van der Waals surface area contributed by atoms with E-state index in [4.69, 9.17) is 0 Å². The Morgan fingerprint density at radius 2 is 0.628 bits per heavy atom. The Morgan fingerprint density at radius 1 is 0.279 bits per heavy atom. The molecule has 86 heavy (non-hydrogen) atoms. The van der Waals surface area contributed by atoms with E-state index >= 15 is 26.3 Å². The predicted molar refractivity (Wildman–Crippen MR) is 321 cm³/mol. The summed E-state index contributed by atoms with van der Waals surface area (Å²) in [5, 5.41) is 54.4. The molecule has 0 saturated carbocycles. The lowest BCUT2D eigenvalue weighted by atomic mass is 9.90. The van der Waals surface area contributed by atoms with Crippen molar-refractivity contribution in [2.75, 3.05) is 0 Å². The first-order chi connectivity index (χ1) is 41.7. The van der Waals surface area contributed by atoms with Crippen molar-refractivity contribution in [1.29, 1.82) is 26.3 Å². The van der Waals surface area contributed by atoms with E-state index in [1.54, 1.807) is 108 Å². The first-order valence-electron chi connectivity index (χ1n) is 26.8. The fourth-order valence-corrected chi connectivity index (χ4v) is 12.0. The molecule has 0 saturated heterocycles. The number of nitriles is 5. The van der Waals surface area contributed by atoms with Crippen molar-refractivity contribution in [2.24, 2.45) is 0 Å². The summed E-state index contributed by atoms with van der Waals surface area (Å²) in [6.07, 6.45) is -10.5. The largest absolute Gasteiger partial charge is 0.417 e. The van der Waals surface area contributed by atoms with Crippen molar-refractivity contribution in [2.45, 2.75) is 12.4 Å². The van der Waals surface area contributed by atoms with Crippen molar-refractivity contribution < 1.29 is 26.3 Å². The van der Waals surface area contributed by atoms with Gasteiger partial charge in [0, 0.05) is 38.2 Å². The molecule has 0 atom stereocenters. The van der Waals surface area contributed by atoms with Crippen LogP contribution in [0.5, 0.6) is 0 Å². The molecule has 0 fully saturated rings. The van der Waals surface area contributed by atoms with Crippen LogP contribution in [-0.4, -0.2) is 9.13 Å². The number of hydrogen-bond donors (Lipinski definition) is 0. The van der Waals surface area contributed by atoms with Gasteiger partial charge in [0.25, 0.3) is 0 Å². The minimum Gasteiger partial charge on any atom is -0.309 e. The van der Waals surface area contributed by atoms with Gasteiger partial charge in [-0.15, -0.1) is 0 Å². The summed E-state index contributed by atoms with van der Waals surface area (Å²) in [6.45, 7) is 0. The predicted octanol–water partition coefficient (Wildman–Crippen LogP) is 19.3. The summed E-state index contributed by atoms with van der Waals surface area (Å²) in [5.74, 6) is 0. The number of halogens is 6. The molecule has 0 N–H and O–H groups in total. The van der Waals surface area contributed by atoms with Crippen molar-refractivity contribution >= 4 is 43.6 Å². The lowest BCUT2D eigenvalue weighted by Gasteiger charge is -2.22. The van der Waals surface area contributed by atoms with Crippen LogP contribution in [0.25, 0.3) is 122 Å². The molecule has 0 aliphatic rings. The Morgan fingerprint density at radius 3 is 0.977 bits per heavy atom. The van der Waals surface area contributed by atoms with Crippen LogP contribution in [0.3, 0.4) is 0 Å². The van der Waals surface area contributed by atoms with Gasteiger partial charge in [0.15, 0.2) is 0 Å². The third-order valence-corrected chi connectivity index (χ3v) is 15.8. The zero-order valence-electron chi connectivity index (χ0n) is 44.8. The van der Waals surface area contributed by atoms with Gasteiger partial charge in [-0.2, -0.15) is 52.7 Å². The van der Waals surface area contributed by atoms with E-state index in [0.29, 0.717) is 117 Å². The molecular formula is C73H37F6N7. The van der Waals surface area contributed by atoms with Gasteiger partial charge in [0.1, 0.15) is 0 Å². The minimum atomic E-state index is -5.23. The highest BCUT2D eigenvalue weighted by Gasteiger charge is 2.41. The van der Waals surface area contributed by atoms with Gasteiger partial charge in [-0.05, 0) is 159 Å². The maximum atomic E-state index is 15.3. The van der Waals surface area contributed by atoms with E-state index in [9.17, 15) is 26.3 Å². The van der Waals surface area contributed by atoms with E-state index in [-0.39, 0.29) is 11.3 Å². The highest BCUT2D eigenvalue weighted by atomic mass is 19.4. The molecule has 2 heterocycles. The lowest BCUT2D eigenvalue weighted by molar-refractivity contribution is -0.142. The van der Waals surface area contributed by atoms with Crippen LogP contribution in [0.4, 0.5) is 26.3 Å². The second-order valence-electron chi connectivity index (χ2n) is 20.5. The van der Waals surface area contributed by atoms with Crippen LogP contribution in [0, 0.1) is 56.7 Å². The monoisotopic (exact) mass is 1130 g/mol. The number of nitrogens with zero attached hydrogens (tertiary/aromatic N) is 7. The third kappa shape index (κ3) is 8.91. The van der Waals surface area contributed by atoms with Gasteiger partial charge in [-0.3, -0.25) is 0 Å². The van der Waals surface area contributed by atoms with Gasteiger partial charge >= 0.3 is 12.4 Å². The molecule has 406 valence electrons. The molecule has 7 nitrogen and oxygen atoms in total. The van der Waals surface area contributed by atoms with Crippen LogP contribution in [-0.2, 0) is 12.4 Å². The third-order valence-electron chi connectivity index (χ3n) is 15.8. The molecule has 13 heteroatoms. The summed E-state index contributed by atoms with van der Waals surface area (Å²) in [6, 6.07) is 73.5. The number of rotatable bonds is 8. The Balaban J connectivity index is 1.16. The van der Waals surface area contributed by atoms with E-state index in [2.05, 4.69) is 30.3 Å². The first-order valence-corrected chi connectivity index (χ1v) is 26.8. The van der Waals surface area contributed by atoms with Gasteiger partial charge in [-0.25, -0.2) is 0 Å². The summed E-state index contributed by atoms with van der Waals surface area (Å²) in [5.41, 5.74) is 6.32. The first kappa shape index (κ1) is 53.4. The summed E-state index contributed by atoms with van der Waals surface area (Å²) >= 11 is 0. The molecule has 0 bridgehead atoms. The van der Waals surface area contributed by atoms with E-state index < -0.39 is 34.6 Å². The molecule has 11 aromatic carbocycles. The highest BCUT2D eigenvalue weighted by molar-refractivity contribution is 6.14. The standard InChI is InChI=1S/C73H37F6N7/c74-72(75,76)63-18-9-19-64(73(77,78)79)71(63)48-21-26-57(70(37-48)86-68-30-24-46(55-16-7-3-12-51(55)41-83)35-61(68)62-36-47(25-31-69(62)86)56-17-8-4-13-52(56)42-84)58-32-43(38-80)20-27-65(58)85-66-28-22-44(53-14-5-1-10-49(53)39-81)33-59(66)60-34-45(23-29-67(60)85)54-15-6-2-11-50(54)40-82/h1-37H. The summed E-state index contributed by atoms with van der Waals surface area (Å²) in [4.78, 5) is 0. The Bertz CT molecular complexity index is 4980. The van der Waals surface area contributed by atoms with Gasteiger partial charge in [0.2, 0.25) is 0 Å². The van der Waals surface area contributed by atoms with Gasteiger partial charge in [0.05, 0.1) is 103 Å². The summed E-state index contributed by atoms with van der Waals surface area (Å²) < 4.78 is 95.5. The maximum absolute atomic E-state index is 15.3. The van der Waals surface area contributed by atoms with Gasteiger partial charge < -0.3 is 9.13 Å². The van der Waals surface area contributed by atoms with Crippen LogP contribution in [0.2, 0.25) is 0 Å². The molecule has 0 radical (unpaired) electrons. The second-order valence-corrected chi connectivity index (χ2v) is 20.5. The Kier molecular flexibility index (Phi) is 12.9. The molecule has 2 aromatic heterocycles. The minimum absolute atomic E-state index is 0.144. The Hall–Kier alpha value is -12.0. The lowest BCUT2D eigenvalue weighted by Crippen LogP contribution is -2.14. The van der Waals surface area contributed by atoms with Crippen molar-refractivity contribution in [1.82, 2.24) is 9.13 Å². The molecule has 0 spiro atoms. The van der Waals surface area contributed by atoms with Crippen molar-refractivity contribution in [3.8, 4) is 108 Å². The molecular weight excluding hydrogens is 1090 g/mol. The molecule has 0 aliphatic heterocycles. The second kappa shape index (κ2) is 20.8. The summed E-state index contributed by atoms with van der Waals surface area (Å²) in [7, 11) is 0. The van der Waals surface area contributed by atoms with Crippen LogP contribution >= 0.6 is 0 Å². The highest BCUT2D eigenvalue weighted by Crippen LogP contribution is 2.49. The number of alkyl halides is 6. The fourth-order valence-electron chi connectivity index (χ4n) is 12.0. The average molecular weight is 1130 g/mol. The zero-order valence-corrected chi connectivity index (χ0v) is 44.8. The fraction of sp³-hybridized carbons (Fsp3) is 0.0274. The average Bonchev–Trinajstić information content (AvgIpc) is 1.55. The SMILES string of the molecule is N#Cc1ccc(-n2c3ccc(-c4ccccc4C#N)cc3c3cc(-c4ccccc4C#N)ccc32)c(-c2ccc(-c3c(C(F)(F)F)cccc3C(F)(F)F)cc2-n2c3ccc(-c4ccccc4C#N)cc3c3cc(-c4ccccc4C#N)ccc32)c1. The Labute approximate surface area is 487 Å². The van der Waals surface area contributed by atoms with Crippen LogP contribution in [0.15, 0.2) is 224 Å². The van der Waals surface area contributed by atoms with Gasteiger partial charge in [-0.1, -0.05) is 115 Å². The number of hydrogen-bond acceptors (Lipinski definition) is 5. The molecule has 0 unspecified atom stereocenters. The van der Waals surface area contributed by atoms with E-state index in [1.165, 1.54) is 18.2 Å². The molecule has 13 rings (SSSR count). The topological polar surface area (TPSA) is 129 Å².